The maximum Gasteiger partial charge on any atom is 0.251 e. The van der Waals surface area contributed by atoms with Crippen LogP contribution in [0.3, 0.4) is 0 Å². The highest BCUT2D eigenvalue weighted by Crippen LogP contribution is 2.54. The monoisotopic (exact) mass is 449 g/mol. The first kappa shape index (κ1) is 20.4. The van der Waals surface area contributed by atoms with Crippen LogP contribution in [0.1, 0.15) is 61.7 Å². The fourth-order valence-corrected chi connectivity index (χ4v) is 4.82. The van der Waals surface area contributed by atoms with Gasteiger partial charge in [-0.2, -0.15) is 0 Å². The Kier molecular flexibility index (Phi) is 4.64. The number of benzene rings is 3. The smallest absolute Gasteiger partial charge is 0.251 e. The predicted octanol–water partition coefficient (Wildman–Crippen LogP) is 4.99. The first-order valence-electron chi connectivity index (χ1n) is 11.2. The molecule has 1 amide bonds. The van der Waals surface area contributed by atoms with Crippen LogP contribution >= 0.6 is 0 Å². The Morgan fingerprint density at radius 1 is 0.882 bits per heavy atom. The van der Waals surface area contributed by atoms with Gasteiger partial charge >= 0.3 is 0 Å². The molecule has 6 rings (SSSR count). The van der Waals surface area contributed by atoms with Gasteiger partial charge in [0.05, 0.1) is 0 Å². The summed E-state index contributed by atoms with van der Waals surface area (Å²) >= 11 is 0. The molecule has 6 heteroatoms. The van der Waals surface area contributed by atoms with E-state index in [0.29, 0.717) is 17.7 Å². The minimum Gasteiger partial charge on any atom is -0.461 e. The van der Waals surface area contributed by atoms with E-state index in [2.05, 4.69) is 23.5 Å². The van der Waals surface area contributed by atoms with Crippen molar-refractivity contribution >= 4 is 11.7 Å². The standard InChI is InChI=1S/C28H23N3O3/c1-15-2-11-24(33-15)18-7-9-20-22(12-18)26-23-13-19(8-10-21(23)25(20)34-26)28(32)31-14-16-3-5-17(6-4-16)27(29)30/h2-13,25-26H,14H2,1H3,(H3,29,30)(H,31,32). The third-order valence-electron chi connectivity index (χ3n) is 6.58. The van der Waals surface area contributed by atoms with Gasteiger partial charge in [0.25, 0.3) is 5.91 Å². The van der Waals surface area contributed by atoms with E-state index in [0.717, 1.165) is 39.3 Å². The largest absolute Gasteiger partial charge is 0.461 e. The second kappa shape index (κ2) is 7.71. The van der Waals surface area contributed by atoms with Crippen LogP contribution in [0.2, 0.25) is 0 Å². The van der Waals surface area contributed by atoms with Crippen LogP contribution in [-0.2, 0) is 11.3 Å². The van der Waals surface area contributed by atoms with Gasteiger partial charge in [0.1, 0.15) is 29.6 Å². The minimum atomic E-state index is -0.183. The summed E-state index contributed by atoms with van der Waals surface area (Å²) in [6.07, 6.45) is -0.280. The number of carbonyl (C=O) groups is 1. The van der Waals surface area contributed by atoms with Crippen molar-refractivity contribution in [2.75, 3.05) is 0 Å². The molecule has 168 valence electrons. The van der Waals surface area contributed by atoms with Gasteiger partial charge < -0.3 is 20.2 Å². The summed E-state index contributed by atoms with van der Waals surface area (Å²) in [5.41, 5.74) is 13.2. The summed E-state index contributed by atoms with van der Waals surface area (Å²) in [5.74, 6) is 1.61. The Hall–Kier alpha value is -4.16. The number of nitrogens with one attached hydrogen (secondary N) is 2. The van der Waals surface area contributed by atoms with Gasteiger partial charge in [0.2, 0.25) is 0 Å². The first-order chi connectivity index (χ1) is 16.5. The number of carbonyl (C=O) groups excluding carboxylic acids is 1. The topological polar surface area (TPSA) is 101 Å². The maximum absolute atomic E-state index is 12.9. The molecule has 2 bridgehead atoms. The number of hydrogen-bond donors (Lipinski definition) is 3. The van der Waals surface area contributed by atoms with Crippen molar-refractivity contribution in [3.8, 4) is 11.3 Å². The molecule has 0 radical (unpaired) electrons. The number of nitrogens with two attached hydrogens (primary N) is 1. The number of hydrogen-bond acceptors (Lipinski definition) is 4. The van der Waals surface area contributed by atoms with E-state index >= 15 is 0 Å². The van der Waals surface area contributed by atoms with E-state index in [9.17, 15) is 4.79 Å². The second-order valence-corrected chi connectivity index (χ2v) is 8.79. The van der Waals surface area contributed by atoms with E-state index in [1.165, 1.54) is 5.56 Å². The zero-order valence-electron chi connectivity index (χ0n) is 18.6. The van der Waals surface area contributed by atoms with Gasteiger partial charge in [0.15, 0.2) is 0 Å². The molecule has 0 saturated carbocycles. The van der Waals surface area contributed by atoms with E-state index < -0.39 is 0 Å². The van der Waals surface area contributed by atoms with E-state index in [1.807, 2.05) is 49.4 Å². The second-order valence-electron chi connectivity index (χ2n) is 8.79. The van der Waals surface area contributed by atoms with Crippen molar-refractivity contribution in [1.82, 2.24) is 5.32 Å². The van der Waals surface area contributed by atoms with Crippen molar-refractivity contribution in [2.24, 2.45) is 5.73 Å². The molecule has 2 unspecified atom stereocenters. The van der Waals surface area contributed by atoms with E-state index in [4.69, 9.17) is 20.3 Å². The number of fused-ring (bicyclic) bond motifs is 8. The van der Waals surface area contributed by atoms with Crippen LogP contribution in [-0.4, -0.2) is 11.7 Å². The van der Waals surface area contributed by atoms with Crippen molar-refractivity contribution in [3.05, 3.63) is 118 Å². The number of furan rings is 1. The minimum absolute atomic E-state index is 0.0261. The third kappa shape index (κ3) is 3.31. The molecule has 4 N–H and O–H groups in total. The molecule has 34 heavy (non-hydrogen) atoms. The molecule has 2 aliphatic heterocycles. The molecule has 1 aromatic heterocycles. The van der Waals surface area contributed by atoms with Crippen LogP contribution < -0.4 is 11.1 Å². The van der Waals surface area contributed by atoms with Crippen LogP contribution in [0.4, 0.5) is 0 Å². The molecular formula is C28H23N3O3. The Morgan fingerprint density at radius 2 is 1.56 bits per heavy atom. The molecule has 2 aliphatic rings. The lowest BCUT2D eigenvalue weighted by Crippen LogP contribution is -2.23. The molecule has 4 aromatic rings. The van der Waals surface area contributed by atoms with Gasteiger partial charge in [-0.1, -0.05) is 42.5 Å². The zero-order valence-corrected chi connectivity index (χ0v) is 18.6. The molecule has 3 aromatic carbocycles. The molecule has 0 aliphatic carbocycles. The lowest BCUT2D eigenvalue weighted by Gasteiger charge is -2.17. The Bertz CT molecular complexity index is 1450. The van der Waals surface area contributed by atoms with Crippen LogP contribution in [0.15, 0.2) is 77.2 Å². The summed E-state index contributed by atoms with van der Waals surface area (Å²) in [5, 5.41) is 10.5. The highest BCUT2D eigenvalue weighted by Gasteiger charge is 2.43. The normalized spacial score (nSPS) is 17.3. The summed E-state index contributed by atoms with van der Waals surface area (Å²) in [7, 11) is 0. The molecule has 3 heterocycles. The quantitative estimate of drug-likeness (QED) is 0.295. The maximum atomic E-state index is 12.9. The SMILES string of the molecule is Cc1ccc(-c2ccc3c(c2)C2OC3c3ccc(C(=O)NCc4ccc(C(=N)N)cc4)cc32)o1. The van der Waals surface area contributed by atoms with Gasteiger partial charge in [-0.05, 0) is 65.1 Å². The van der Waals surface area contributed by atoms with Crippen LogP contribution in [0, 0.1) is 12.3 Å². The van der Waals surface area contributed by atoms with Gasteiger partial charge in [-0.3, -0.25) is 10.2 Å². The van der Waals surface area contributed by atoms with Crippen molar-refractivity contribution in [1.29, 1.82) is 5.41 Å². The highest BCUT2D eigenvalue weighted by atomic mass is 16.5. The van der Waals surface area contributed by atoms with E-state index in [1.54, 1.807) is 12.1 Å². The van der Waals surface area contributed by atoms with Crippen LogP contribution in [0.25, 0.3) is 11.3 Å². The summed E-state index contributed by atoms with van der Waals surface area (Å²) in [6, 6.07) is 23.4. The average Bonchev–Trinajstić information content (AvgIpc) is 3.56. The number of aryl methyl sites for hydroxylation is 1. The lowest BCUT2D eigenvalue weighted by atomic mass is 9.84. The number of ether oxygens (including phenoxy) is 1. The Labute approximate surface area is 196 Å². The van der Waals surface area contributed by atoms with E-state index in [-0.39, 0.29) is 24.0 Å². The third-order valence-corrected chi connectivity index (χ3v) is 6.58. The van der Waals surface area contributed by atoms with Crippen molar-refractivity contribution in [2.45, 2.75) is 25.7 Å². The first-order valence-corrected chi connectivity index (χ1v) is 11.2. The van der Waals surface area contributed by atoms with Crippen molar-refractivity contribution in [3.63, 3.8) is 0 Å². The van der Waals surface area contributed by atoms with Crippen LogP contribution in [0.5, 0.6) is 0 Å². The van der Waals surface area contributed by atoms with Crippen molar-refractivity contribution < 1.29 is 13.9 Å². The fourth-order valence-electron chi connectivity index (χ4n) is 4.82. The number of nitrogen functional groups attached to an aromatic ring is 1. The molecule has 6 nitrogen and oxygen atoms in total. The summed E-state index contributed by atoms with van der Waals surface area (Å²) in [4.78, 5) is 12.9. The summed E-state index contributed by atoms with van der Waals surface area (Å²) < 4.78 is 12.1. The average molecular weight is 450 g/mol. The highest BCUT2D eigenvalue weighted by molar-refractivity contribution is 5.95. The van der Waals surface area contributed by atoms with Gasteiger partial charge in [-0.15, -0.1) is 0 Å². The lowest BCUT2D eigenvalue weighted by molar-refractivity contribution is 0.0857. The predicted molar refractivity (Wildman–Crippen MR) is 129 cm³/mol. The Morgan fingerprint density at radius 3 is 2.26 bits per heavy atom. The number of rotatable bonds is 5. The zero-order chi connectivity index (χ0) is 23.4. The fraction of sp³-hybridized carbons (Fsp3) is 0.143. The number of amidine groups is 1. The molecule has 2 atom stereocenters. The molecule has 0 spiro atoms. The number of amides is 1. The molecular weight excluding hydrogens is 426 g/mol. The molecule has 0 fully saturated rings. The van der Waals surface area contributed by atoms with Gasteiger partial charge in [-0.25, -0.2) is 0 Å². The van der Waals surface area contributed by atoms with Gasteiger partial charge in [0, 0.05) is 23.2 Å². The Balaban J connectivity index is 1.22. The summed E-state index contributed by atoms with van der Waals surface area (Å²) in [6.45, 7) is 2.33. The molecule has 0 saturated heterocycles.